The molecule has 2 saturated heterocycles. The minimum atomic E-state index is 0. The Bertz CT molecular complexity index is 394. The Balaban J connectivity index is 0.00000208. The second-order valence-electron chi connectivity index (χ2n) is 7.42. The molecule has 1 N–H and O–H groups in total. The first-order valence-corrected chi connectivity index (χ1v) is 9.46. The molecule has 1 aliphatic carbocycles. The smallest absolute Gasteiger partial charge is 0.193 e. The molecule has 0 bridgehead atoms. The van der Waals surface area contributed by atoms with Crippen LogP contribution in [-0.2, 0) is 9.47 Å². The largest absolute Gasteiger partial charge is 0.379 e. The first kappa shape index (κ1) is 20.2. The van der Waals surface area contributed by atoms with Gasteiger partial charge in [-0.2, -0.15) is 0 Å². The minimum Gasteiger partial charge on any atom is -0.379 e. The highest BCUT2D eigenvalue weighted by molar-refractivity contribution is 14.0. The maximum Gasteiger partial charge on any atom is 0.193 e. The van der Waals surface area contributed by atoms with Crippen molar-refractivity contribution >= 4 is 29.9 Å². The molecule has 140 valence electrons. The lowest BCUT2D eigenvalue weighted by atomic mass is 9.86. The van der Waals surface area contributed by atoms with E-state index < -0.39 is 0 Å². The third-order valence-corrected chi connectivity index (χ3v) is 5.69. The van der Waals surface area contributed by atoms with Gasteiger partial charge in [-0.05, 0) is 43.9 Å². The molecule has 1 saturated carbocycles. The number of halogens is 1. The van der Waals surface area contributed by atoms with E-state index >= 15 is 0 Å². The van der Waals surface area contributed by atoms with Gasteiger partial charge in [-0.3, -0.25) is 4.99 Å². The van der Waals surface area contributed by atoms with Gasteiger partial charge in [0, 0.05) is 39.9 Å². The van der Waals surface area contributed by atoms with Gasteiger partial charge in [0.05, 0.1) is 12.7 Å². The molecule has 1 unspecified atom stereocenters. The molecule has 0 amide bonds. The standard InChI is InChI=1S/C18H33N3O2.HI/c1-19-17(21-11-9-18(15-21)7-2-3-8-18)20-10-5-12-22-14-16-6-4-13-23-16;/h16H,2-15H2,1H3,(H,19,20);1H. The van der Waals surface area contributed by atoms with Crippen LogP contribution in [0.2, 0.25) is 0 Å². The average Bonchev–Trinajstić information content (AvgIpc) is 3.31. The molecular formula is C18H34IN3O2. The number of nitrogens with zero attached hydrogens (tertiary/aromatic N) is 2. The summed E-state index contributed by atoms with van der Waals surface area (Å²) in [5.74, 6) is 1.08. The SMILES string of the molecule is CN=C(NCCCOCC1CCCO1)N1CCC2(CCCC2)C1.I. The predicted octanol–water partition coefficient (Wildman–Crippen LogP) is 3.03. The van der Waals surface area contributed by atoms with E-state index in [1.165, 1.54) is 45.1 Å². The second-order valence-corrected chi connectivity index (χ2v) is 7.42. The summed E-state index contributed by atoms with van der Waals surface area (Å²) in [4.78, 5) is 6.93. The molecule has 1 spiro atoms. The van der Waals surface area contributed by atoms with Crippen LogP contribution in [0.25, 0.3) is 0 Å². The van der Waals surface area contributed by atoms with E-state index in [0.717, 1.165) is 51.7 Å². The number of aliphatic imine (C=N–C) groups is 1. The van der Waals surface area contributed by atoms with Gasteiger partial charge in [0.2, 0.25) is 0 Å². The van der Waals surface area contributed by atoms with E-state index in [0.29, 0.717) is 11.5 Å². The Labute approximate surface area is 164 Å². The molecule has 0 aromatic rings. The van der Waals surface area contributed by atoms with Crippen LogP contribution in [0.5, 0.6) is 0 Å². The molecule has 1 atom stereocenters. The molecule has 5 nitrogen and oxygen atoms in total. The van der Waals surface area contributed by atoms with Crippen molar-refractivity contribution in [3.05, 3.63) is 0 Å². The molecule has 3 fully saturated rings. The van der Waals surface area contributed by atoms with Crippen LogP contribution in [0.3, 0.4) is 0 Å². The van der Waals surface area contributed by atoms with Crippen molar-refractivity contribution in [1.82, 2.24) is 10.2 Å². The van der Waals surface area contributed by atoms with Crippen LogP contribution in [0.15, 0.2) is 4.99 Å². The van der Waals surface area contributed by atoms with Gasteiger partial charge in [-0.25, -0.2) is 0 Å². The van der Waals surface area contributed by atoms with Gasteiger partial charge in [0.1, 0.15) is 0 Å². The highest BCUT2D eigenvalue weighted by Gasteiger charge is 2.40. The van der Waals surface area contributed by atoms with Gasteiger partial charge in [-0.15, -0.1) is 24.0 Å². The summed E-state index contributed by atoms with van der Waals surface area (Å²) in [6, 6.07) is 0. The zero-order valence-electron chi connectivity index (χ0n) is 15.1. The summed E-state index contributed by atoms with van der Waals surface area (Å²) in [6.07, 6.45) is 10.7. The van der Waals surface area contributed by atoms with Crippen molar-refractivity contribution in [3.8, 4) is 0 Å². The van der Waals surface area contributed by atoms with E-state index in [2.05, 4.69) is 15.2 Å². The van der Waals surface area contributed by atoms with Crippen LogP contribution < -0.4 is 5.32 Å². The van der Waals surface area contributed by atoms with Crippen molar-refractivity contribution in [3.63, 3.8) is 0 Å². The predicted molar refractivity (Wildman–Crippen MR) is 108 cm³/mol. The summed E-state index contributed by atoms with van der Waals surface area (Å²) < 4.78 is 11.3. The average molecular weight is 451 g/mol. The fourth-order valence-corrected chi connectivity index (χ4v) is 4.35. The monoisotopic (exact) mass is 451 g/mol. The van der Waals surface area contributed by atoms with Gasteiger partial charge in [0.15, 0.2) is 5.96 Å². The van der Waals surface area contributed by atoms with Gasteiger partial charge < -0.3 is 19.7 Å². The van der Waals surface area contributed by atoms with Crippen LogP contribution in [0.1, 0.15) is 51.4 Å². The number of guanidine groups is 1. The van der Waals surface area contributed by atoms with E-state index in [-0.39, 0.29) is 24.0 Å². The van der Waals surface area contributed by atoms with E-state index in [1.54, 1.807) is 0 Å². The van der Waals surface area contributed by atoms with E-state index in [9.17, 15) is 0 Å². The van der Waals surface area contributed by atoms with Crippen molar-refractivity contribution in [2.75, 3.05) is 46.5 Å². The van der Waals surface area contributed by atoms with E-state index in [1.807, 2.05) is 7.05 Å². The van der Waals surface area contributed by atoms with Gasteiger partial charge in [-0.1, -0.05) is 12.8 Å². The number of ether oxygens (including phenoxy) is 2. The molecular weight excluding hydrogens is 417 g/mol. The second kappa shape index (κ2) is 10.2. The summed E-state index contributed by atoms with van der Waals surface area (Å²) in [5.41, 5.74) is 0.599. The van der Waals surface area contributed by atoms with Gasteiger partial charge in [0.25, 0.3) is 0 Å². The molecule has 24 heavy (non-hydrogen) atoms. The molecule has 0 aromatic heterocycles. The highest BCUT2D eigenvalue weighted by atomic mass is 127. The zero-order chi connectivity index (χ0) is 16.0. The Kier molecular flexibility index (Phi) is 8.57. The van der Waals surface area contributed by atoms with Crippen LogP contribution in [-0.4, -0.2) is 63.5 Å². The summed E-state index contributed by atoms with van der Waals surface area (Å²) in [5, 5.41) is 3.51. The minimum absolute atomic E-state index is 0. The van der Waals surface area contributed by atoms with Crippen LogP contribution in [0.4, 0.5) is 0 Å². The van der Waals surface area contributed by atoms with E-state index in [4.69, 9.17) is 9.47 Å². The lowest BCUT2D eigenvalue weighted by molar-refractivity contribution is 0.0168. The molecule has 0 radical (unpaired) electrons. The maximum absolute atomic E-state index is 5.72. The highest BCUT2D eigenvalue weighted by Crippen LogP contribution is 2.45. The molecule has 2 aliphatic heterocycles. The quantitative estimate of drug-likeness (QED) is 0.292. The van der Waals surface area contributed by atoms with Crippen molar-refractivity contribution in [1.29, 1.82) is 0 Å². The number of likely N-dealkylation sites (tertiary alicyclic amines) is 1. The molecule has 2 heterocycles. The van der Waals surface area contributed by atoms with Crippen LogP contribution in [0, 0.1) is 5.41 Å². The van der Waals surface area contributed by atoms with Crippen LogP contribution >= 0.6 is 24.0 Å². The van der Waals surface area contributed by atoms with Crippen molar-refractivity contribution < 1.29 is 9.47 Å². The summed E-state index contributed by atoms with van der Waals surface area (Å²) in [7, 11) is 1.90. The fourth-order valence-electron chi connectivity index (χ4n) is 4.35. The lowest BCUT2D eigenvalue weighted by Gasteiger charge is -2.26. The first-order chi connectivity index (χ1) is 11.3. The third-order valence-electron chi connectivity index (χ3n) is 5.69. The maximum atomic E-state index is 5.72. The Morgan fingerprint density at radius 1 is 1.29 bits per heavy atom. The first-order valence-electron chi connectivity index (χ1n) is 9.46. The Morgan fingerprint density at radius 2 is 2.12 bits per heavy atom. The topological polar surface area (TPSA) is 46.1 Å². The van der Waals surface area contributed by atoms with Gasteiger partial charge >= 0.3 is 0 Å². The van der Waals surface area contributed by atoms with Crippen molar-refractivity contribution in [2.45, 2.75) is 57.5 Å². The number of hydrogen-bond acceptors (Lipinski definition) is 3. The van der Waals surface area contributed by atoms with Crippen molar-refractivity contribution in [2.24, 2.45) is 10.4 Å². The Hall–Kier alpha value is -0.0800. The lowest BCUT2D eigenvalue weighted by Crippen LogP contribution is -2.41. The molecule has 6 heteroatoms. The fraction of sp³-hybridized carbons (Fsp3) is 0.944. The normalized spacial score (nSPS) is 26.1. The molecule has 3 aliphatic rings. The number of rotatable bonds is 6. The Morgan fingerprint density at radius 3 is 2.83 bits per heavy atom. The molecule has 3 rings (SSSR count). The summed E-state index contributed by atoms with van der Waals surface area (Å²) >= 11 is 0. The summed E-state index contributed by atoms with van der Waals surface area (Å²) in [6.45, 7) is 5.75. The zero-order valence-corrected chi connectivity index (χ0v) is 17.4. The number of nitrogens with one attached hydrogen (secondary N) is 1. The number of hydrogen-bond donors (Lipinski definition) is 1. The third kappa shape index (κ3) is 5.46. The molecule has 0 aromatic carbocycles.